The van der Waals surface area contributed by atoms with Crippen LogP contribution in [0.1, 0.15) is 10.4 Å². The van der Waals surface area contributed by atoms with E-state index in [4.69, 9.17) is 13.6 Å². The number of halogens is 1. The molecular formula is C20H11FO5. The summed E-state index contributed by atoms with van der Waals surface area (Å²) in [6.45, 7) is 0. The van der Waals surface area contributed by atoms with Crippen LogP contribution in [0.2, 0.25) is 0 Å². The summed E-state index contributed by atoms with van der Waals surface area (Å²) in [6.07, 6.45) is 1.48. The van der Waals surface area contributed by atoms with Crippen molar-refractivity contribution in [3.05, 3.63) is 88.5 Å². The summed E-state index contributed by atoms with van der Waals surface area (Å²) in [5.41, 5.74) is 0.245. The number of hydrogen-bond donors (Lipinski definition) is 0. The molecule has 0 bridgehead atoms. The van der Waals surface area contributed by atoms with Crippen molar-refractivity contribution in [2.45, 2.75) is 0 Å². The first-order valence-electron chi connectivity index (χ1n) is 7.70. The van der Waals surface area contributed by atoms with E-state index in [1.54, 1.807) is 12.1 Å². The van der Waals surface area contributed by atoms with Gasteiger partial charge in [0, 0.05) is 6.07 Å². The minimum atomic E-state index is -0.652. The summed E-state index contributed by atoms with van der Waals surface area (Å²) in [4.78, 5) is 24.5. The molecule has 2 aromatic heterocycles. The maximum atomic E-state index is 12.9. The predicted molar refractivity (Wildman–Crippen MR) is 91.5 cm³/mol. The molecule has 6 heteroatoms. The fraction of sp³-hybridized carbons (Fsp3) is 0. The lowest BCUT2D eigenvalue weighted by molar-refractivity contribution is 0.0735. The van der Waals surface area contributed by atoms with Crippen molar-refractivity contribution in [3.63, 3.8) is 0 Å². The van der Waals surface area contributed by atoms with Gasteiger partial charge >= 0.3 is 5.97 Å². The number of carbonyl (C=O) groups excluding carboxylic acids is 1. The van der Waals surface area contributed by atoms with E-state index in [1.807, 2.05) is 0 Å². The number of hydrogen-bond acceptors (Lipinski definition) is 5. The molecule has 128 valence electrons. The zero-order valence-corrected chi connectivity index (χ0v) is 13.3. The van der Waals surface area contributed by atoms with E-state index in [9.17, 15) is 14.0 Å². The number of furan rings is 1. The van der Waals surface area contributed by atoms with E-state index >= 15 is 0 Å². The molecule has 2 aromatic carbocycles. The highest BCUT2D eigenvalue weighted by Gasteiger charge is 2.12. The molecule has 26 heavy (non-hydrogen) atoms. The van der Waals surface area contributed by atoms with Gasteiger partial charge in [-0.3, -0.25) is 4.79 Å². The molecule has 0 aliphatic rings. The van der Waals surface area contributed by atoms with Crippen molar-refractivity contribution in [1.29, 1.82) is 0 Å². The lowest BCUT2D eigenvalue weighted by atomic mass is 10.2. The Morgan fingerprint density at radius 2 is 1.77 bits per heavy atom. The third kappa shape index (κ3) is 3.00. The molecule has 0 radical (unpaired) electrons. The first-order valence-corrected chi connectivity index (χ1v) is 7.70. The standard InChI is InChI=1S/C20H11FO5/c21-13-5-3-12(4-6-13)20(23)25-14-7-8-17-15(10-14)16(22)11-19(26-17)18-2-1-9-24-18/h1-11H. The molecule has 0 atom stereocenters. The number of esters is 1. The summed E-state index contributed by atoms with van der Waals surface area (Å²) in [7, 11) is 0. The highest BCUT2D eigenvalue weighted by molar-refractivity contribution is 5.91. The van der Waals surface area contributed by atoms with Crippen LogP contribution >= 0.6 is 0 Å². The van der Waals surface area contributed by atoms with Gasteiger partial charge in [-0.25, -0.2) is 9.18 Å². The number of carbonyl (C=O) groups is 1. The molecule has 0 unspecified atom stereocenters. The molecule has 0 saturated heterocycles. The monoisotopic (exact) mass is 350 g/mol. The fourth-order valence-corrected chi connectivity index (χ4v) is 2.49. The Hall–Kier alpha value is -3.67. The van der Waals surface area contributed by atoms with Gasteiger partial charge in [-0.15, -0.1) is 0 Å². The van der Waals surface area contributed by atoms with Crippen LogP contribution in [0, 0.1) is 5.82 Å². The van der Waals surface area contributed by atoms with Crippen molar-refractivity contribution in [2.75, 3.05) is 0 Å². The van der Waals surface area contributed by atoms with Crippen LogP contribution in [0.4, 0.5) is 4.39 Å². The van der Waals surface area contributed by atoms with Gasteiger partial charge in [0.1, 0.15) is 17.1 Å². The quantitative estimate of drug-likeness (QED) is 0.404. The molecule has 2 heterocycles. The Bertz CT molecular complexity index is 1140. The van der Waals surface area contributed by atoms with Gasteiger partial charge in [0.05, 0.1) is 17.2 Å². The molecule has 5 nitrogen and oxygen atoms in total. The average Bonchev–Trinajstić information content (AvgIpc) is 3.17. The van der Waals surface area contributed by atoms with E-state index in [0.717, 1.165) is 0 Å². The highest BCUT2D eigenvalue weighted by Crippen LogP contribution is 2.25. The summed E-state index contributed by atoms with van der Waals surface area (Å²) in [5, 5.41) is 0.268. The van der Waals surface area contributed by atoms with Crippen molar-refractivity contribution < 1.29 is 22.8 Å². The molecule has 0 N–H and O–H groups in total. The summed E-state index contributed by atoms with van der Waals surface area (Å²) in [5.74, 6) is -0.164. The van der Waals surface area contributed by atoms with Crippen LogP contribution in [-0.2, 0) is 0 Å². The van der Waals surface area contributed by atoms with Crippen molar-refractivity contribution >= 4 is 16.9 Å². The topological polar surface area (TPSA) is 69.7 Å². The smallest absolute Gasteiger partial charge is 0.343 e. The lowest BCUT2D eigenvalue weighted by Gasteiger charge is -2.06. The van der Waals surface area contributed by atoms with Crippen molar-refractivity contribution in [2.24, 2.45) is 0 Å². The Morgan fingerprint density at radius 3 is 2.50 bits per heavy atom. The second-order valence-corrected chi connectivity index (χ2v) is 5.51. The van der Waals surface area contributed by atoms with Crippen molar-refractivity contribution in [3.8, 4) is 17.3 Å². The number of ether oxygens (including phenoxy) is 1. The second-order valence-electron chi connectivity index (χ2n) is 5.51. The molecule has 4 aromatic rings. The van der Waals surface area contributed by atoms with Crippen molar-refractivity contribution in [1.82, 2.24) is 0 Å². The molecule has 4 rings (SSSR count). The first-order chi connectivity index (χ1) is 12.6. The third-order valence-electron chi connectivity index (χ3n) is 3.75. The van der Waals surface area contributed by atoms with Crippen LogP contribution in [0.3, 0.4) is 0 Å². The maximum Gasteiger partial charge on any atom is 0.343 e. The van der Waals surface area contributed by atoms with Crippen LogP contribution in [0.25, 0.3) is 22.5 Å². The van der Waals surface area contributed by atoms with E-state index in [-0.39, 0.29) is 22.1 Å². The molecule has 0 saturated carbocycles. The van der Waals surface area contributed by atoms with Gasteiger partial charge in [0.15, 0.2) is 16.9 Å². The molecule has 0 aliphatic heterocycles. The lowest BCUT2D eigenvalue weighted by Crippen LogP contribution is -2.09. The number of fused-ring (bicyclic) bond motifs is 1. The van der Waals surface area contributed by atoms with E-state index in [2.05, 4.69) is 0 Å². The van der Waals surface area contributed by atoms with Gasteiger partial charge in [-0.05, 0) is 54.6 Å². The maximum absolute atomic E-state index is 12.9. The predicted octanol–water partition coefficient (Wildman–Crippen LogP) is 4.41. The highest BCUT2D eigenvalue weighted by atomic mass is 19.1. The summed E-state index contributed by atoms with van der Waals surface area (Å²) in [6, 6.07) is 14.1. The van der Waals surface area contributed by atoms with Gasteiger partial charge in [-0.2, -0.15) is 0 Å². The Balaban J connectivity index is 1.66. The SMILES string of the molecule is O=C(Oc1ccc2oc(-c3ccco3)cc(=O)c2c1)c1ccc(F)cc1. The minimum absolute atomic E-state index is 0.185. The number of rotatable bonds is 3. The zero-order valence-electron chi connectivity index (χ0n) is 13.3. The average molecular weight is 350 g/mol. The van der Waals surface area contributed by atoms with Crippen LogP contribution in [0.5, 0.6) is 5.75 Å². The normalized spacial score (nSPS) is 10.8. The molecule has 0 spiro atoms. The fourth-order valence-electron chi connectivity index (χ4n) is 2.49. The molecule has 0 amide bonds. The van der Waals surface area contributed by atoms with E-state index < -0.39 is 11.8 Å². The first kappa shape index (κ1) is 15.8. The van der Waals surface area contributed by atoms with E-state index in [1.165, 1.54) is 54.8 Å². The molecule has 0 fully saturated rings. The minimum Gasteiger partial charge on any atom is -0.461 e. The van der Waals surface area contributed by atoms with Gasteiger partial charge in [-0.1, -0.05) is 0 Å². The van der Waals surface area contributed by atoms with E-state index in [0.29, 0.717) is 17.1 Å². The second kappa shape index (κ2) is 6.33. The molecular weight excluding hydrogens is 339 g/mol. The number of benzene rings is 2. The molecule has 0 aliphatic carbocycles. The largest absolute Gasteiger partial charge is 0.461 e. The summed E-state index contributed by atoms with van der Waals surface area (Å²) >= 11 is 0. The Morgan fingerprint density at radius 1 is 0.962 bits per heavy atom. The zero-order chi connectivity index (χ0) is 18.1. The Kier molecular flexibility index (Phi) is 3.85. The van der Waals surface area contributed by atoms with Gasteiger partial charge in [0.2, 0.25) is 0 Å². The van der Waals surface area contributed by atoms with Gasteiger partial charge < -0.3 is 13.6 Å². The van der Waals surface area contributed by atoms with Crippen LogP contribution < -0.4 is 10.2 Å². The third-order valence-corrected chi connectivity index (χ3v) is 3.75. The summed E-state index contributed by atoms with van der Waals surface area (Å²) < 4.78 is 29.1. The van der Waals surface area contributed by atoms with Gasteiger partial charge in [0.25, 0.3) is 0 Å². The Labute approximate surface area is 146 Å². The van der Waals surface area contributed by atoms with Crippen LogP contribution in [0.15, 0.2) is 80.6 Å². The van der Waals surface area contributed by atoms with Crippen LogP contribution in [-0.4, -0.2) is 5.97 Å².